The first kappa shape index (κ1) is 20.3. The van der Waals surface area contributed by atoms with E-state index < -0.39 is 15.9 Å². The van der Waals surface area contributed by atoms with Gasteiger partial charge in [-0.2, -0.15) is 4.31 Å². The van der Waals surface area contributed by atoms with Gasteiger partial charge in [0.05, 0.1) is 23.4 Å². The van der Waals surface area contributed by atoms with Gasteiger partial charge in [-0.1, -0.05) is 5.10 Å². The summed E-state index contributed by atoms with van der Waals surface area (Å²) in [6.07, 6.45) is 1.09. The van der Waals surface area contributed by atoms with Crippen LogP contribution in [0.1, 0.15) is 24.2 Å². The van der Waals surface area contributed by atoms with Crippen molar-refractivity contribution in [1.82, 2.24) is 14.5 Å². The third kappa shape index (κ3) is 4.13. The number of sulfonamides is 1. The van der Waals surface area contributed by atoms with Crippen LogP contribution in [0.3, 0.4) is 0 Å². The van der Waals surface area contributed by atoms with Crippen molar-refractivity contribution >= 4 is 21.9 Å². The predicted molar refractivity (Wildman–Crippen MR) is 105 cm³/mol. The Bertz CT molecular complexity index is 1110. The molecule has 158 valence electrons. The number of nitrogens with one attached hydrogen (secondary N) is 1. The van der Waals surface area contributed by atoms with E-state index in [-0.39, 0.29) is 47.7 Å². The van der Waals surface area contributed by atoms with Crippen LogP contribution in [0.5, 0.6) is 0 Å². The Hall–Kier alpha value is -3.02. The van der Waals surface area contributed by atoms with Crippen LogP contribution in [0, 0.1) is 0 Å². The topological polar surface area (TPSA) is 128 Å². The number of aromatic nitrogens is 2. The molecule has 2 aromatic heterocycles. The maximum Gasteiger partial charge on any atom is 0.322 e. The van der Waals surface area contributed by atoms with E-state index in [1.54, 1.807) is 12.1 Å². The van der Waals surface area contributed by atoms with E-state index in [4.69, 9.17) is 13.6 Å². The Kier molecular flexibility index (Phi) is 5.41. The molecule has 4 rings (SSSR count). The number of morpholine rings is 1. The van der Waals surface area contributed by atoms with Crippen molar-refractivity contribution < 1.29 is 26.8 Å². The Labute approximate surface area is 172 Å². The molecule has 3 aromatic rings. The minimum atomic E-state index is -3.68. The lowest BCUT2D eigenvalue weighted by Crippen LogP contribution is -2.48. The van der Waals surface area contributed by atoms with Gasteiger partial charge in [0.1, 0.15) is 0 Å². The Morgan fingerprint density at radius 3 is 2.43 bits per heavy atom. The van der Waals surface area contributed by atoms with E-state index in [1.165, 1.54) is 34.8 Å². The number of carbonyl (C=O) groups is 1. The third-order valence-corrected chi connectivity index (χ3v) is 6.36. The first-order valence-corrected chi connectivity index (χ1v) is 10.7. The number of amides is 1. The van der Waals surface area contributed by atoms with Gasteiger partial charge in [0.2, 0.25) is 10.0 Å². The van der Waals surface area contributed by atoms with Crippen molar-refractivity contribution in [3.05, 3.63) is 48.2 Å². The fraction of sp³-hybridized carbons (Fsp3) is 0.316. The summed E-state index contributed by atoms with van der Waals surface area (Å²) >= 11 is 0. The lowest BCUT2D eigenvalue weighted by atomic mass is 10.2. The van der Waals surface area contributed by atoms with Crippen LogP contribution < -0.4 is 5.32 Å². The van der Waals surface area contributed by atoms with Crippen molar-refractivity contribution in [3.8, 4) is 11.7 Å². The van der Waals surface area contributed by atoms with Gasteiger partial charge < -0.3 is 13.6 Å². The van der Waals surface area contributed by atoms with Gasteiger partial charge in [-0.15, -0.1) is 5.10 Å². The number of hydrogen-bond donors (Lipinski definition) is 1. The Morgan fingerprint density at radius 2 is 1.80 bits per heavy atom. The molecule has 1 aromatic carbocycles. The smallest absolute Gasteiger partial charge is 0.322 e. The normalized spacial score (nSPS) is 20.2. The van der Waals surface area contributed by atoms with E-state index in [0.717, 1.165) is 0 Å². The number of rotatable bonds is 5. The summed E-state index contributed by atoms with van der Waals surface area (Å²) in [5.41, 5.74) is 0.246. The molecule has 1 saturated heterocycles. The first-order valence-electron chi connectivity index (χ1n) is 9.27. The fourth-order valence-electron chi connectivity index (χ4n) is 3.20. The number of nitrogens with zero attached hydrogens (tertiary/aromatic N) is 3. The third-order valence-electron chi connectivity index (χ3n) is 4.52. The maximum absolute atomic E-state index is 12.9. The van der Waals surface area contributed by atoms with Crippen LogP contribution in [0.25, 0.3) is 11.7 Å². The van der Waals surface area contributed by atoms with Gasteiger partial charge in [-0.3, -0.25) is 10.1 Å². The quantitative estimate of drug-likeness (QED) is 0.651. The summed E-state index contributed by atoms with van der Waals surface area (Å²) in [7, 11) is -3.68. The van der Waals surface area contributed by atoms with Crippen LogP contribution in [-0.2, 0) is 14.8 Å². The zero-order valence-corrected chi connectivity index (χ0v) is 17.1. The summed E-state index contributed by atoms with van der Waals surface area (Å²) in [5, 5.41) is 10.0. The van der Waals surface area contributed by atoms with Crippen molar-refractivity contribution in [2.45, 2.75) is 31.0 Å². The molecule has 1 aliphatic heterocycles. The van der Waals surface area contributed by atoms with E-state index in [2.05, 4.69) is 15.5 Å². The number of anilines is 1. The monoisotopic (exact) mass is 432 g/mol. The number of furan rings is 1. The van der Waals surface area contributed by atoms with Crippen molar-refractivity contribution in [2.24, 2.45) is 0 Å². The van der Waals surface area contributed by atoms with Gasteiger partial charge >= 0.3 is 6.01 Å². The molecule has 3 heterocycles. The highest BCUT2D eigenvalue weighted by Crippen LogP contribution is 2.23. The fourth-order valence-corrected chi connectivity index (χ4v) is 4.79. The van der Waals surface area contributed by atoms with Gasteiger partial charge in [0, 0.05) is 18.7 Å². The molecule has 0 unspecified atom stereocenters. The van der Waals surface area contributed by atoms with E-state index in [9.17, 15) is 13.2 Å². The molecular weight excluding hydrogens is 412 g/mol. The summed E-state index contributed by atoms with van der Waals surface area (Å²) in [4.78, 5) is 12.5. The highest BCUT2D eigenvalue weighted by Gasteiger charge is 2.32. The maximum atomic E-state index is 12.9. The number of ether oxygens (including phenoxy) is 1. The number of carbonyl (C=O) groups excluding carboxylic acids is 1. The molecule has 0 bridgehead atoms. The van der Waals surface area contributed by atoms with Crippen LogP contribution >= 0.6 is 0 Å². The van der Waals surface area contributed by atoms with Crippen LogP contribution in [0.2, 0.25) is 0 Å². The second-order valence-electron chi connectivity index (χ2n) is 6.95. The standard InChI is InChI=1S/C19H20N4O6S/c1-12-10-23(11-13(2)28-12)30(25,26)15-7-5-14(6-8-15)17(24)20-19-22-21-18(29-19)16-4-3-9-27-16/h3-9,12-13H,10-11H2,1-2H3,(H,20,22,24)/t12-,13-/m0/s1. The molecule has 0 saturated carbocycles. The molecule has 0 spiro atoms. The average molecular weight is 432 g/mol. The SMILES string of the molecule is C[C@H]1CN(S(=O)(=O)c2ccc(C(=O)Nc3nnc(-c4ccco4)o3)cc2)C[C@H](C)O1. The molecule has 1 N–H and O–H groups in total. The van der Waals surface area contributed by atoms with Crippen LogP contribution in [0.4, 0.5) is 6.01 Å². The van der Waals surface area contributed by atoms with Gasteiger partial charge in [0.25, 0.3) is 11.8 Å². The molecule has 11 heteroatoms. The first-order chi connectivity index (χ1) is 14.3. The zero-order valence-electron chi connectivity index (χ0n) is 16.3. The Balaban J connectivity index is 1.46. The zero-order chi connectivity index (χ0) is 21.3. The average Bonchev–Trinajstić information content (AvgIpc) is 3.39. The summed E-state index contributed by atoms with van der Waals surface area (Å²) < 4.78 is 43.3. The molecule has 30 heavy (non-hydrogen) atoms. The largest absolute Gasteiger partial charge is 0.459 e. The van der Waals surface area contributed by atoms with E-state index >= 15 is 0 Å². The van der Waals surface area contributed by atoms with Crippen LogP contribution in [0.15, 0.2) is 56.4 Å². The molecule has 0 radical (unpaired) electrons. The second kappa shape index (κ2) is 8.01. The van der Waals surface area contributed by atoms with Crippen molar-refractivity contribution in [2.75, 3.05) is 18.4 Å². The summed E-state index contributed by atoms with van der Waals surface area (Å²) in [6, 6.07) is 8.88. The van der Waals surface area contributed by atoms with Gasteiger partial charge in [-0.05, 0) is 50.2 Å². The summed E-state index contributed by atoms with van der Waals surface area (Å²) in [5.74, 6) is -0.00257. The molecule has 1 aliphatic rings. The van der Waals surface area contributed by atoms with Gasteiger partial charge in [-0.25, -0.2) is 8.42 Å². The van der Waals surface area contributed by atoms with Crippen molar-refractivity contribution in [3.63, 3.8) is 0 Å². The molecule has 1 fully saturated rings. The summed E-state index contributed by atoms with van der Waals surface area (Å²) in [6.45, 7) is 4.23. The minimum Gasteiger partial charge on any atom is -0.459 e. The lowest BCUT2D eigenvalue weighted by molar-refractivity contribution is -0.0440. The predicted octanol–water partition coefficient (Wildman–Crippen LogP) is 2.38. The highest BCUT2D eigenvalue weighted by atomic mass is 32.2. The van der Waals surface area contributed by atoms with Crippen molar-refractivity contribution in [1.29, 1.82) is 0 Å². The van der Waals surface area contributed by atoms with E-state index in [1.807, 2.05) is 13.8 Å². The van der Waals surface area contributed by atoms with Gasteiger partial charge in [0.15, 0.2) is 5.76 Å². The molecule has 0 aliphatic carbocycles. The highest BCUT2D eigenvalue weighted by molar-refractivity contribution is 7.89. The second-order valence-corrected chi connectivity index (χ2v) is 8.89. The molecule has 2 atom stereocenters. The molecule has 1 amide bonds. The number of hydrogen-bond acceptors (Lipinski definition) is 8. The lowest BCUT2D eigenvalue weighted by Gasteiger charge is -2.34. The molecule has 10 nitrogen and oxygen atoms in total. The minimum absolute atomic E-state index is 0.0978. The van der Waals surface area contributed by atoms with E-state index in [0.29, 0.717) is 5.76 Å². The van der Waals surface area contributed by atoms with Crippen LogP contribution in [-0.4, -0.2) is 54.1 Å². The Morgan fingerprint density at radius 1 is 1.10 bits per heavy atom. The number of benzene rings is 1. The molecular formula is C19H20N4O6S.